The molecule has 0 aromatic carbocycles. The molecule has 2 heterocycles. The van der Waals surface area contributed by atoms with E-state index in [0.29, 0.717) is 13.0 Å². The molecule has 2 rings (SSSR count). The van der Waals surface area contributed by atoms with Gasteiger partial charge >= 0.3 is 6.09 Å². The van der Waals surface area contributed by atoms with E-state index in [4.69, 9.17) is 9.57 Å². The Kier molecular flexibility index (Phi) is 5.28. The smallest absolute Gasteiger partial charge is 0.410 e. The predicted octanol–water partition coefficient (Wildman–Crippen LogP) is 1.14. The van der Waals surface area contributed by atoms with Crippen molar-refractivity contribution >= 4 is 12.0 Å². The maximum Gasteiger partial charge on any atom is 0.410 e. The monoisotopic (exact) mass is 313 g/mol. The van der Waals surface area contributed by atoms with Gasteiger partial charge in [-0.05, 0) is 47.1 Å². The van der Waals surface area contributed by atoms with Crippen LogP contribution < -0.4 is 5.48 Å². The lowest BCUT2D eigenvalue weighted by Gasteiger charge is -2.40. The van der Waals surface area contributed by atoms with Crippen LogP contribution in [-0.2, 0) is 14.4 Å². The van der Waals surface area contributed by atoms with E-state index in [2.05, 4.69) is 17.4 Å². The number of carbonyl (C=O) groups is 2. The van der Waals surface area contributed by atoms with Gasteiger partial charge in [0.15, 0.2) is 0 Å². The Morgan fingerprint density at radius 1 is 1.09 bits per heavy atom. The predicted molar refractivity (Wildman–Crippen MR) is 81.1 cm³/mol. The number of amides is 2. The molecule has 7 heteroatoms. The molecule has 0 spiro atoms. The Bertz CT molecular complexity index is 414. The number of ether oxygens (including phenoxy) is 1. The normalized spacial score (nSPS) is 23.8. The SMILES string of the molecule is CN1CCC(ONC(=O)[C@H]2CCN2C(=O)OC(C)(C)C)CC1. The highest BCUT2D eigenvalue weighted by Gasteiger charge is 2.40. The second-order valence-corrected chi connectivity index (χ2v) is 7.07. The second kappa shape index (κ2) is 6.83. The second-order valence-electron chi connectivity index (χ2n) is 7.07. The molecule has 2 aliphatic rings. The van der Waals surface area contributed by atoms with Crippen LogP contribution in [0, 0.1) is 0 Å². The number of nitrogens with one attached hydrogen (secondary N) is 1. The van der Waals surface area contributed by atoms with Crippen molar-refractivity contribution in [2.24, 2.45) is 0 Å². The number of piperidine rings is 1. The molecule has 126 valence electrons. The Balaban J connectivity index is 1.74. The quantitative estimate of drug-likeness (QED) is 0.791. The molecule has 0 aromatic rings. The molecule has 0 aliphatic carbocycles. The first kappa shape index (κ1) is 17.0. The summed E-state index contributed by atoms with van der Waals surface area (Å²) in [7, 11) is 2.07. The molecule has 0 unspecified atom stereocenters. The van der Waals surface area contributed by atoms with Gasteiger partial charge in [0, 0.05) is 19.6 Å². The zero-order valence-electron chi connectivity index (χ0n) is 13.9. The molecular formula is C15H27N3O4. The van der Waals surface area contributed by atoms with Crippen molar-refractivity contribution in [3.63, 3.8) is 0 Å². The van der Waals surface area contributed by atoms with E-state index >= 15 is 0 Å². The third kappa shape index (κ3) is 4.58. The van der Waals surface area contributed by atoms with Gasteiger partial charge in [0.05, 0.1) is 6.10 Å². The zero-order chi connectivity index (χ0) is 16.3. The fourth-order valence-corrected chi connectivity index (χ4v) is 2.51. The van der Waals surface area contributed by atoms with Gasteiger partial charge in [-0.15, -0.1) is 0 Å². The molecule has 22 heavy (non-hydrogen) atoms. The summed E-state index contributed by atoms with van der Waals surface area (Å²) in [5, 5.41) is 0. The molecule has 2 amide bonds. The van der Waals surface area contributed by atoms with Crippen LogP contribution in [0.4, 0.5) is 4.79 Å². The van der Waals surface area contributed by atoms with Crippen molar-refractivity contribution in [2.75, 3.05) is 26.7 Å². The van der Waals surface area contributed by atoms with Gasteiger partial charge in [-0.2, -0.15) is 0 Å². The van der Waals surface area contributed by atoms with Crippen molar-refractivity contribution < 1.29 is 19.2 Å². The van der Waals surface area contributed by atoms with Crippen LogP contribution in [-0.4, -0.2) is 66.2 Å². The molecule has 2 saturated heterocycles. The summed E-state index contributed by atoms with van der Waals surface area (Å²) in [5.74, 6) is -0.268. The molecule has 1 N–H and O–H groups in total. The van der Waals surface area contributed by atoms with Crippen molar-refractivity contribution in [1.82, 2.24) is 15.3 Å². The van der Waals surface area contributed by atoms with E-state index < -0.39 is 17.7 Å². The van der Waals surface area contributed by atoms with Crippen LogP contribution in [0.25, 0.3) is 0 Å². The number of hydroxylamine groups is 1. The van der Waals surface area contributed by atoms with Crippen molar-refractivity contribution in [1.29, 1.82) is 0 Å². The lowest BCUT2D eigenvalue weighted by Crippen LogP contribution is -2.59. The molecule has 2 aliphatic heterocycles. The highest BCUT2D eigenvalue weighted by molar-refractivity contribution is 5.86. The molecule has 1 atom stereocenters. The summed E-state index contributed by atoms with van der Waals surface area (Å²) in [6.45, 7) is 7.90. The van der Waals surface area contributed by atoms with Gasteiger partial charge in [-0.1, -0.05) is 0 Å². The molecule has 0 radical (unpaired) electrons. The number of likely N-dealkylation sites (tertiary alicyclic amines) is 2. The van der Waals surface area contributed by atoms with E-state index in [1.165, 1.54) is 4.90 Å². The standard InChI is InChI=1S/C15H27N3O4/c1-15(2,3)21-14(20)18-10-7-12(18)13(19)16-22-11-5-8-17(4)9-6-11/h11-12H,5-10H2,1-4H3,(H,16,19)/t12-/m1/s1. The average molecular weight is 313 g/mol. The number of rotatable bonds is 3. The number of hydrogen-bond donors (Lipinski definition) is 1. The number of hydrogen-bond acceptors (Lipinski definition) is 5. The van der Waals surface area contributed by atoms with Gasteiger partial charge in [0.25, 0.3) is 5.91 Å². The average Bonchev–Trinajstić information content (AvgIpc) is 2.34. The van der Waals surface area contributed by atoms with E-state index in [1.54, 1.807) is 0 Å². The van der Waals surface area contributed by atoms with Crippen LogP contribution >= 0.6 is 0 Å². The molecule has 2 fully saturated rings. The largest absolute Gasteiger partial charge is 0.444 e. The maximum absolute atomic E-state index is 12.1. The third-order valence-corrected chi connectivity index (χ3v) is 3.94. The molecule has 0 aromatic heterocycles. The van der Waals surface area contributed by atoms with Crippen LogP contribution in [0.5, 0.6) is 0 Å². The van der Waals surface area contributed by atoms with Gasteiger partial charge in [-0.25, -0.2) is 10.3 Å². The van der Waals surface area contributed by atoms with E-state index in [0.717, 1.165) is 25.9 Å². The Morgan fingerprint density at radius 2 is 1.73 bits per heavy atom. The van der Waals surface area contributed by atoms with Crippen molar-refractivity contribution in [3.8, 4) is 0 Å². The fraction of sp³-hybridized carbons (Fsp3) is 0.867. The highest BCUT2D eigenvalue weighted by Crippen LogP contribution is 2.21. The fourth-order valence-electron chi connectivity index (χ4n) is 2.51. The number of carbonyl (C=O) groups excluding carboxylic acids is 2. The maximum atomic E-state index is 12.1. The highest BCUT2D eigenvalue weighted by atomic mass is 16.7. The summed E-state index contributed by atoms with van der Waals surface area (Å²) in [4.78, 5) is 33.2. The minimum absolute atomic E-state index is 0.0511. The molecule has 7 nitrogen and oxygen atoms in total. The first-order valence-electron chi connectivity index (χ1n) is 7.90. The minimum Gasteiger partial charge on any atom is -0.444 e. The van der Waals surface area contributed by atoms with E-state index in [1.807, 2.05) is 20.8 Å². The summed E-state index contributed by atoms with van der Waals surface area (Å²) in [6, 6.07) is -0.485. The number of nitrogens with zero attached hydrogens (tertiary/aromatic N) is 2. The Morgan fingerprint density at radius 3 is 2.23 bits per heavy atom. The first-order chi connectivity index (χ1) is 10.3. The molecule has 0 bridgehead atoms. The van der Waals surface area contributed by atoms with Crippen LogP contribution in [0.15, 0.2) is 0 Å². The Hall–Kier alpha value is -1.34. The van der Waals surface area contributed by atoms with Crippen LogP contribution in [0.1, 0.15) is 40.0 Å². The summed E-state index contributed by atoms with van der Waals surface area (Å²) in [5.41, 5.74) is 1.95. The summed E-state index contributed by atoms with van der Waals surface area (Å²) >= 11 is 0. The molecule has 0 saturated carbocycles. The van der Waals surface area contributed by atoms with Crippen molar-refractivity contribution in [3.05, 3.63) is 0 Å². The Labute approximate surface area is 131 Å². The summed E-state index contributed by atoms with van der Waals surface area (Å²) in [6.07, 6.45) is 2.05. The lowest BCUT2D eigenvalue weighted by molar-refractivity contribution is -0.150. The third-order valence-electron chi connectivity index (χ3n) is 3.94. The van der Waals surface area contributed by atoms with E-state index in [-0.39, 0.29) is 12.0 Å². The van der Waals surface area contributed by atoms with Gasteiger partial charge in [0.2, 0.25) is 0 Å². The van der Waals surface area contributed by atoms with Gasteiger partial charge < -0.3 is 9.64 Å². The van der Waals surface area contributed by atoms with Crippen molar-refractivity contribution in [2.45, 2.75) is 57.8 Å². The van der Waals surface area contributed by atoms with Crippen LogP contribution in [0.3, 0.4) is 0 Å². The lowest BCUT2D eigenvalue weighted by atomic mass is 10.0. The first-order valence-corrected chi connectivity index (χ1v) is 7.90. The minimum atomic E-state index is -0.557. The van der Waals surface area contributed by atoms with Crippen LogP contribution in [0.2, 0.25) is 0 Å². The topological polar surface area (TPSA) is 71.1 Å². The van der Waals surface area contributed by atoms with Gasteiger partial charge in [0.1, 0.15) is 11.6 Å². The van der Waals surface area contributed by atoms with Gasteiger partial charge in [-0.3, -0.25) is 14.5 Å². The summed E-state index contributed by atoms with van der Waals surface area (Å²) < 4.78 is 5.29. The zero-order valence-corrected chi connectivity index (χ0v) is 13.9. The van der Waals surface area contributed by atoms with E-state index in [9.17, 15) is 9.59 Å². The molecular weight excluding hydrogens is 286 g/mol.